The Morgan fingerprint density at radius 1 is 0.931 bits per heavy atom. The van der Waals surface area contributed by atoms with Crippen molar-refractivity contribution in [2.75, 3.05) is 11.8 Å². The minimum atomic E-state index is -3.72. The van der Waals surface area contributed by atoms with Crippen LogP contribution in [-0.2, 0) is 16.6 Å². The minimum absolute atomic E-state index is 0.176. The van der Waals surface area contributed by atoms with Crippen LogP contribution in [0.4, 0.5) is 5.69 Å². The number of nitrogens with one attached hydrogen (secondary N) is 1. The average molecular weight is 409 g/mol. The van der Waals surface area contributed by atoms with E-state index >= 15 is 0 Å². The van der Waals surface area contributed by atoms with E-state index in [9.17, 15) is 13.2 Å². The van der Waals surface area contributed by atoms with Crippen molar-refractivity contribution in [2.24, 2.45) is 0 Å². The lowest BCUT2D eigenvalue weighted by molar-refractivity contribution is 0.0785. The maximum absolute atomic E-state index is 12.8. The second-order valence-corrected chi connectivity index (χ2v) is 8.77. The van der Waals surface area contributed by atoms with E-state index in [4.69, 9.17) is 0 Å². The Labute approximate surface area is 172 Å². The normalized spacial score (nSPS) is 11.1. The smallest absolute Gasteiger partial charge is 0.261 e. The van der Waals surface area contributed by atoms with Gasteiger partial charge in [-0.2, -0.15) is 0 Å². The SMILES string of the molecule is Cc1ccc(S(=O)(=O)Nc2cccc(C(=O)N(C)Cc3ccccc3C)c2)cc1. The molecule has 0 aliphatic carbocycles. The van der Waals surface area contributed by atoms with E-state index in [0.29, 0.717) is 17.8 Å². The molecule has 0 aliphatic rings. The van der Waals surface area contributed by atoms with Gasteiger partial charge < -0.3 is 4.90 Å². The lowest BCUT2D eigenvalue weighted by Gasteiger charge is -2.19. The van der Waals surface area contributed by atoms with Gasteiger partial charge in [0.25, 0.3) is 15.9 Å². The lowest BCUT2D eigenvalue weighted by Crippen LogP contribution is -2.26. The summed E-state index contributed by atoms with van der Waals surface area (Å²) in [5.41, 5.74) is 3.94. The van der Waals surface area contributed by atoms with Gasteiger partial charge in [-0.05, 0) is 55.3 Å². The molecule has 0 aliphatic heterocycles. The molecular formula is C23H24N2O3S. The van der Waals surface area contributed by atoms with E-state index in [-0.39, 0.29) is 10.8 Å². The molecule has 3 rings (SSSR count). The van der Waals surface area contributed by atoms with Crippen molar-refractivity contribution >= 4 is 21.6 Å². The molecule has 0 atom stereocenters. The summed E-state index contributed by atoms with van der Waals surface area (Å²) in [6, 6.07) is 21.1. The van der Waals surface area contributed by atoms with Crippen LogP contribution in [0.2, 0.25) is 0 Å². The Hall–Kier alpha value is -3.12. The van der Waals surface area contributed by atoms with Crippen LogP contribution < -0.4 is 4.72 Å². The molecule has 0 saturated carbocycles. The van der Waals surface area contributed by atoms with E-state index in [0.717, 1.165) is 16.7 Å². The number of carbonyl (C=O) groups is 1. The number of hydrogen-bond acceptors (Lipinski definition) is 3. The number of benzene rings is 3. The topological polar surface area (TPSA) is 66.5 Å². The van der Waals surface area contributed by atoms with Gasteiger partial charge in [-0.15, -0.1) is 0 Å². The second-order valence-electron chi connectivity index (χ2n) is 7.09. The highest BCUT2D eigenvalue weighted by atomic mass is 32.2. The van der Waals surface area contributed by atoms with Crippen LogP contribution in [-0.4, -0.2) is 26.3 Å². The lowest BCUT2D eigenvalue weighted by atomic mass is 10.1. The number of hydrogen-bond donors (Lipinski definition) is 1. The molecule has 0 radical (unpaired) electrons. The number of carbonyl (C=O) groups excluding carboxylic acids is 1. The molecule has 0 spiro atoms. The molecule has 3 aromatic rings. The summed E-state index contributed by atoms with van der Waals surface area (Å²) < 4.78 is 27.7. The predicted molar refractivity (Wildman–Crippen MR) is 115 cm³/mol. The molecule has 150 valence electrons. The molecule has 3 aromatic carbocycles. The first-order valence-electron chi connectivity index (χ1n) is 9.26. The van der Waals surface area contributed by atoms with Crippen molar-refractivity contribution in [3.63, 3.8) is 0 Å². The van der Waals surface area contributed by atoms with E-state index in [1.807, 2.05) is 38.1 Å². The molecule has 6 heteroatoms. The van der Waals surface area contributed by atoms with E-state index in [2.05, 4.69) is 4.72 Å². The Morgan fingerprint density at radius 3 is 2.31 bits per heavy atom. The van der Waals surface area contributed by atoms with E-state index < -0.39 is 10.0 Å². The minimum Gasteiger partial charge on any atom is -0.337 e. The van der Waals surface area contributed by atoms with Crippen molar-refractivity contribution in [3.8, 4) is 0 Å². The number of sulfonamides is 1. The molecule has 0 aromatic heterocycles. The van der Waals surface area contributed by atoms with Crippen molar-refractivity contribution in [1.82, 2.24) is 4.90 Å². The number of nitrogens with zero attached hydrogens (tertiary/aromatic N) is 1. The van der Waals surface area contributed by atoms with Crippen LogP contribution in [0.5, 0.6) is 0 Å². The summed E-state index contributed by atoms with van der Waals surface area (Å²) in [5, 5.41) is 0. The number of amides is 1. The van der Waals surface area contributed by atoms with Crippen LogP contribution in [0.3, 0.4) is 0 Å². The molecule has 0 fully saturated rings. The summed E-state index contributed by atoms with van der Waals surface area (Å²) in [6.45, 7) is 4.38. The van der Waals surface area contributed by atoms with Gasteiger partial charge >= 0.3 is 0 Å². The largest absolute Gasteiger partial charge is 0.337 e. The van der Waals surface area contributed by atoms with Crippen molar-refractivity contribution in [2.45, 2.75) is 25.3 Å². The standard InChI is InChI=1S/C23H24N2O3S/c1-17-11-13-22(14-12-17)29(27,28)24-21-10-6-9-19(15-21)23(26)25(3)16-20-8-5-4-7-18(20)2/h4-15,24H,16H2,1-3H3. The van der Waals surface area contributed by atoms with Gasteiger partial charge in [-0.25, -0.2) is 8.42 Å². The van der Waals surface area contributed by atoms with Crippen LogP contribution in [0.15, 0.2) is 77.7 Å². The second kappa shape index (κ2) is 8.49. The van der Waals surface area contributed by atoms with E-state index in [1.54, 1.807) is 60.5 Å². The molecule has 0 saturated heterocycles. The molecule has 1 amide bonds. The van der Waals surface area contributed by atoms with Gasteiger partial charge in [0.15, 0.2) is 0 Å². The third kappa shape index (κ3) is 5.03. The van der Waals surface area contributed by atoms with Crippen molar-refractivity contribution < 1.29 is 13.2 Å². The van der Waals surface area contributed by atoms with Crippen LogP contribution in [0, 0.1) is 13.8 Å². The van der Waals surface area contributed by atoms with Crippen LogP contribution in [0.25, 0.3) is 0 Å². The van der Waals surface area contributed by atoms with Gasteiger partial charge in [-0.1, -0.05) is 48.0 Å². The van der Waals surface area contributed by atoms with E-state index in [1.165, 1.54) is 0 Å². The Morgan fingerprint density at radius 2 is 1.62 bits per heavy atom. The highest BCUT2D eigenvalue weighted by Gasteiger charge is 2.17. The summed E-state index contributed by atoms with van der Waals surface area (Å²) in [4.78, 5) is 14.6. The molecule has 0 unspecified atom stereocenters. The first-order valence-corrected chi connectivity index (χ1v) is 10.7. The third-order valence-electron chi connectivity index (χ3n) is 4.71. The zero-order valence-electron chi connectivity index (χ0n) is 16.7. The van der Waals surface area contributed by atoms with Gasteiger partial charge in [0.05, 0.1) is 4.90 Å². The zero-order chi connectivity index (χ0) is 21.0. The van der Waals surface area contributed by atoms with Crippen LogP contribution >= 0.6 is 0 Å². The Kier molecular flexibility index (Phi) is 6.03. The number of anilines is 1. The summed E-state index contributed by atoms with van der Waals surface area (Å²) in [7, 11) is -1.99. The van der Waals surface area contributed by atoms with Gasteiger partial charge in [0.1, 0.15) is 0 Å². The first kappa shape index (κ1) is 20.6. The number of aryl methyl sites for hydroxylation is 2. The monoisotopic (exact) mass is 408 g/mol. The first-order chi connectivity index (χ1) is 13.8. The summed E-state index contributed by atoms with van der Waals surface area (Å²) >= 11 is 0. The van der Waals surface area contributed by atoms with Crippen LogP contribution in [0.1, 0.15) is 27.0 Å². The molecule has 5 nitrogen and oxygen atoms in total. The molecular weight excluding hydrogens is 384 g/mol. The van der Waals surface area contributed by atoms with Gasteiger partial charge in [0, 0.05) is 24.8 Å². The molecule has 0 heterocycles. The van der Waals surface area contributed by atoms with Crippen molar-refractivity contribution in [3.05, 3.63) is 95.1 Å². The number of rotatable bonds is 6. The quantitative estimate of drug-likeness (QED) is 0.658. The van der Waals surface area contributed by atoms with Gasteiger partial charge in [-0.3, -0.25) is 9.52 Å². The summed E-state index contributed by atoms with van der Waals surface area (Å²) in [5.74, 6) is -0.176. The maximum atomic E-state index is 12.8. The molecule has 29 heavy (non-hydrogen) atoms. The average Bonchev–Trinajstić information content (AvgIpc) is 2.69. The zero-order valence-corrected chi connectivity index (χ0v) is 17.5. The predicted octanol–water partition coefficient (Wildman–Crippen LogP) is 4.38. The fourth-order valence-electron chi connectivity index (χ4n) is 2.98. The highest BCUT2D eigenvalue weighted by Crippen LogP contribution is 2.19. The highest BCUT2D eigenvalue weighted by molar-refractivity contribution is 7.92. The summed E-state index contributed by atoms with van der Waals surface area (Å²) in [6.07, 6.45) is 0. The Balaban J connectivity index is 1.77. The van der Waals surface area contributed by atoms with Gasteiger partial charge in [0.2, 0.25) is 0 Å². The van der Waals surface area contributed by atoms with Crippen molar-refractivity contribution in [1.29, 1.82) is 0 Å². The third-order valence-corrected chi connectivity index (χ3v) is 6.11. The maximum Gasteiger partial charge on any atom is 0.261 e. The fourth-order valence-corrected chi connectivity index (χ4v) is 4.03. The molecule has 1 N–H and O–H groups in total. The molecule has 0 bridgehead atoms. The fraction of sp³-hybridized carbons (Fsp3) is 0.174. The Bertz CT molecular complexity index is 1120.